The smallest absolute Gasteiger partial charge is 0.303 e. The van der Waals surface area contributed by atoms with E-state index in [2.05, 4.69) is 14.4 Å². The van der Waals surface area contributed by atoms with Crippen LogP contribution in [0.3, 0.4) is 0 Å². The quantitative estimate of drug-likeness (QED) is 0.352. The van der Waals surface area contributed by atoms with Crippen LogP contribution >= 0.6 is 0 Å². The normalized spacial score (nSPS) is 15.5. The van der Waals surface area contributed by atoms with E-state index in [1.165, 1.54) is 43.9 Å². The first kappa shape index (κ1) is 19.8. The highest BCUT2D eigenvalue weighted by molar-refractivity contribution is 5.81. The molecule has 31 heavy (non-hydrogen) atoms. The van der Waals surface area contributed by atoms with Crippen molar-refractivity contribution >= 4 is 5.65 Å². The van der Waals surface area contributed by atoms with Crippen molar-refractivity contribution in [3.05, 3.63) is 78.4 Å². The van der Waals surface area contributed by atoms with Crippen LogP contribution in [0.2, 0.25) is 0 Å². The molecule has 1 saturated carbocycles. The van der Waals surface area contributed by atoms with Crippen LogP contribution in [0.1, 0.15) is 49.3 Å². The molecule has 158 valence electrons. The monoisotopic (exact) mass is 421 g/mol. The minimum absolute atomic E-state index is 0.448. The van der Waals surface area contributed by atoms with Crippen molar-refractivity contribution < 1.29 is 13.2 Å². The predicted molar refractivity (Wildman–Crippen MR) is 115 cm³/mol. The highest BCUT2D eigenvalue weighted by Crippen LogP contribution is 2.36. The average molecular weight is 421 g/mol. The van der Waals surface area contributed by atoms with Gasteiger partial charge in [-0.1, -0.05) is 37.5 Å². The van der Waals surface area contributed by atoms with Crippen LogP contribution in [-0.4, -0.2) is 14.4 Å². The van der Waals surface area contributed by atoms with E-state index in [1.807, 2.05) is 36.7 Å². The molecular weight excluding hydrogens is 399 g/mol. The molecule has 0 spiro atoms. The molecule has 1 aromatic carbocycles. The fourth-order valence-corrected chi connectivity index (χ4v) is 4.57. The third-order valence-electron chi connectivity index (χ3n) is 6.14. The Hall–Kier alpha value is -3.15. The highest BCUT2D eigenvalue weighted by Gasteiger charge is 2.30. The minimum atomic E-state index is -4.39. The molecule has 0 N–H and O–H groups in total. The molecule has 0 saturated heterocycles. The number of halogens is 3. The van der Waals surface area contributed by atoms with Crippen LogP contribution < -0.4 is 0 Å². The second-order valence-electron chi connectivity index (χ2n) is 8.14. The molecule has 0 amide bonds. The number of rotatable bonds is 3. The van der Waals surface area contributed by atoms with Crippen molar-refractivity contribution in [1.29, 1.82) is 0 Å². The van der Waals surface area contributed by atoms with Gasteiger partial charge in [0.15, 0.2) is 0 Å². The number of nitrogens with zero attached hydrogens (tertiary/aromatic N) is 3. The molecule has 3 nitrogen and oxygen atoms in total. The molecule has 1 aliphatic carbocycles. The lowest BCUT2D eigenvalue weighted by molar-refractivity contribution is -0.137. The van der Waals surface area contributed by atoms with Crippen LogP contribution in [0.15, 0.2) is 67.1 Å². The van der Waals surface area contributed by atoms with Gasteiger partial charge in [0.2, 0.25) is 0 Å². The Morgan fingerprint density at radius 2 is 1.71 bits per heavy atom. The summed E-state index contributed by atoms with van der Waals surface area (Å²) < 4.78 is 41.8. The van der Waals surface area contributed by atoms with Crippen molar-refractivity contribution in [2.45, 2.75) is 44.2 Å². The summed E-state index contributed by atoms with van der Waals surface area (Å²) in [5.74, 6) is 0.496. The maximum atomic E-state index is 13.2. The Labute approximate surface area is 178 Å². The van der Waals surface area contributed by atoms with Crippen LogP contribution in [0, 0.1) is 0 Å². The molecule has 4 aromatic rings. The fraction of sp³-hybridized carbons (Fsp3) is 0.280. The molecule has 3 heterocycles. The molecular formula is C25H22F3N3. The maximum Gasteiger partial charge on any atom is 0.416 e. The summed E-state index contributed by atoms with van der Waals surface area (Å²) in [6.45, 7) is 0. The zero-order valence-electron chi connectivity index (χ0n) is 16.9. The van der Waals surface area contributed by atoms with Crippen LogP contribution in [0.5, 0.6) is 0 Å². The van der Waals surface area contributed by atoms with Gasteiger partial charge in [0.1, 0.15) is 5.65 Å². The summed E-state index contributed by atoms with van der Waals surface area (Å²) >= 11 is 0. The SMILES string of the molecule is FC(F)(F)c1cccc(-c2ncccc2-c2ccc3ncc(C4CCCCC4)n3c2)c1. The number of aromatic nitrogens is 3. The van der Waals surface area contributed by atoms with Gasteiger partial charge in [-0.05, 0) is 43.2 Å². The second-order valence-corrected chi connectivity index (χ2v) is 8.14. The molecule has 1 fully saturated rings. The largest absolute Gasteiger partial charge is 0.416 e. The number of pyridine rings is 2. The molecule has 0 radical (unpaired) electrons. The van der Waals surface area contributed by atoms with Gasteiger partial charge in [0.05, 0.1) is 11.3 Å². The summed E-state index contributed by atoms with van der Waals surface area (Å²) in [5.41, 5.74) is 4.10. The zero-order valence-corrected chi connectivity index (χ0v) is 16.9. The van der Waals surface area contributed by atoms with Gasteiger partial charge in [-0.15, -0.1) is 0 Å². The van der Waals surface area contributed by atoms with E-state index in [0.29, 0.717) is 17.2 Å². The number of hydrogen-bond acceptors (Lipinski definition) is 2. The van der Waals surface area contributed by atoms with E-state index in [-0.39, 0.29) is 0 Å². The van der Waals surface area contributed by atoms with Gasteiger partial charge in [-0.25, -0.2) is 4.98 Å². The number of imidazole rings is 1. The fourth-order valence-electron chi connectivity index (χ4n) is 4.57. The lowest BCUT2D eigenvalue weighted by Gasteiger charge is -2.21. The van der Waals surface area contributed by atoms with E-state index in [9.17, 15) is 13.2 Å². The number of hydrogen-bond donors (Lipinski definition) is 0. The zero-order chi connectivity index (χ0) is 21.4. The number of benzene rings is 1. The summed E-state index contributed by atoms with van der Waals surface area (Å²) in [7, 11) is 0. The molecule has 5 rings (SSSR count). The third kappa shape index (κ3) is 3.82. The average Bonchev–Trinajstić information content (AvgIpc) is 3.22. The van der Waals surface area contributed by atoms with Gasteiger partial charge in [-0.3, -0.25) is 4.98 Å². The molecule has 0 unspecified atom stereocenters. The van der Waals surface area contributed by atoms with Crippen molar-refractivity contribution in [3.63, 3.8) is 0 Å². The minimum Gasteiger partial charge on any atom is -0.303 e. The molecule has 6 heteroatoms. The Balaban J connectivity index is 1.60. The van der Waals surface area contributed by atoms with Gasteiger partial charge in [0.25, 0.3) is 0 Å². The van der Waals surface area contributed by atoms with E-state index < -0.39 is 11.7 Å². The first-order valence-electron chi connectivity index (χ1n) is 10.6. The molecule has 1 aliphatic rings. The third-order valence-corrected chi connectivity index (χ3v) is 6.14. The van der Waals surface area contributed by atoms with Crippen LogP contribution in [0.4, 0.5) is 13.2 Å². The van der Waals surface area contributed by atoms with Crippen molar-refractivity contribution in [2.24, 2.45) is 0 Å². The Kier molecular flexibility index (Phi) is 5.00. The molecule has 3 aromatic heterocycles. The van der Waals surface area contributed by atoms with Gasteiger partial charge in [0, 0.05) is 46.9 Å². The molecule has 0 atom stereocenters. The van der Waals surface area contributed by atoms with E-state index in [4.69, 9.17) is 0 Å². The molecule has 0 bridgehead atoms. The number of fused-ring (bicyclic) bond motifs is 1. The lowest BCUT2D eigenvalue weighted by atomic mass is 9.87. The van der Waals surface area contributed by atoms with Crippen LogP contribution in [0.25, 0.3) is 28.0 Å². The second kappa shape index (κ2) is 7.84. The first-order valence-corrected chi connectivity index (χ1v) is 10.6. The first-order chi connectivity index (χ1) is 15.0. The summed E-state index contributed by atoms with van der Waals surface area (Å²) in [6, 6.07) is 13.0. The maximum absolute atomic E-state index is 13.2. The Morgan fingerprint density at radius 1 is 0.871 bits per heavy atom. The van der Waals surface area contributed by atoms with Crippen molar-refractivity contribution in [1.82, 2.24) is 14.4 Å². The van der Waals surface area contributed by atoms with Crippen LogP contribution in [-0.2, 0) is 6.18 Å². The van der Waals surface area contributed by atoms with Gasteiger partial charge >= 0.3 is 6.18 Å². The van der Waals surface area contributed by atoms with Gasteiger partial charge in [-0.2, -0.15) is 13.2 Å². The van der Waals surface area contributed by atoms with E-state index >= 15 is 0 Å². The summed E-state index contributed by atoms with van der Waals surface area (Å²) in [5, 5.41) is 0. The topological polar surface area (TPSA) is 30.2 Å². The Morgan fingerprint density at radius 3 is 2.52 bits per heavy atom. The highest BCUT2D eigenvalue weighted by atomic mass is 19.4. The van der Waals surface area contributed by atoms with Gasteiger partial charge < -0.3 is 4.40 Å². The van der Waals surface area contributed by atoms with Crippen molar-refractivity contribution in [3.8, 4) is 22.4 Å². The molecule has 0 aliphatic heterocycles. The predicted octanol–water partition coefficient (Wildman–Crippen LogP) is 7.13. The summed E-state index contributed by atoms with van der Waals surface area (Å²) in [6.07, 6.45) is 7.32. The standard InChI is InChI=1S/C25H22F3N3/c26-25(27,28)20-9-4-8-18(14-20)24-21(10-5-13-29-24)19-11-12-23-30-15-22(31(23)16-19)17-6-2-1-3-7-17/h4-5,8-17H,1-3,6-7H2. The van der Waals surface area contributed by atoms with E-state index in [0.717, 1.165) is 28.9 Å². The number of alkyl halides is 3. The lowest BCUT2D eigenvalue weighted by Crippen LogP contribution is -2.07. The Bertz CT molecular complexity index is 1220. The van der Waals surface area contributed by atoms with Crippen molar-refractivity contribution in [2.75, 3.05) is 0 Å². The summed E-state index contributed by atoms with van der Waals surface area (Å²) in [4.78, 5) is 9.01. The van der Waals surface area contributed by atoms with E-state index in [1.54, 1.807) is 12.3 Å².